The fourth-order valence-corrected chi connectivity index (χ4v) is 3.52. The number of carbonyl (C=O) groups excluding carboxylic acids is 1. The average molecular weight is 385 g/mol. The lowest BCUT2D eigenvalue weighted by Gasteiger charge is -2.14. The first kappa shape index (κ1) is 18.9. The summed E-state index contributed by atoms with van der Waals surface area (Å²) in [5.74, 6) is -0.455. The van der Waals surface area contributed by atoms with Crippen molar-refractivity contribution in [3.63, 3.8) is 0 Å². The SMILES string of the molecule is CCOC(=O)c1cc(C)n(-c2cccc(S(=O)(=O)O)c2)c1-c1ccccc1. The molecule has 1 aromatic heterocycles. The van der Waals surface area contributed by atoms with Gasteiger partial charge in [0.05, 0.1) is 22.8 Å². The number of nitrogens with zero attached hydrogens (tertiary/aromatic N) is 1. The maximum absolute atomic E-state index is 12.5. The third-order valence-corrected chi connectivity index (χ3v) is 4.95. The van der Waals surface area contributed by atoms with E-state index in [1.54, 1.807) is 23.6 Å². The van der Waals surface area contributed by atoms with Crippen LogP contribution < -0.4 is 0 Å². The van der Waals surface area contributed by atoms with Gasteiger partial charge in [0.2, 0.25) is 0 Å². The number of benzene rings is 2. The smallest absolute Gasteiger partial charge is 0.340 e. The summed E-state index contributed by atoms with van der Waals surface area (Å²) in [5.41, 5.74) is 3.00. The summed E-state index contributed by atoms with van der Waals surface area (Å²) in [7, 11) is -4.35. The lowest BCUT2D eigenvalue weighted by Crippen LogP contribution is -2.07. The van der Waals surface area contributed by atoms with E-state index in [-0.39, 0.29) is 11.5 Å². The summed E-state index contributed by atoms with van der Waals surface area (Å²) in [4.78, 5) is 12.3. The van der Waals surface area contributed by atoms with E-state index >= 15 is 0 Å². The van der Waals surface area contributed by atoms with E-state index in [1.807, 2.05) is 37.3 Å². The van der Waals surface area contributed by atoms with Crippen LogP contribution in [0.2, 0.25) is 0 Å². The van der Waals surface area contributed by atoms with Gasteiger partial charge in [0.25, 0.3) is 10.1 Å². The molecular weight excluding hydrogens is 366 g/mol. The Bertz CT molecular complexity index is 1080. The van der Waals surface area contributed by atoms with Gasteiger partial charge in [-0.3, -0.25) is 4.55 Å². The van der Waals surface area contributed by atoms with Crippen molar-refractivity contribution >= 4 is 16.1 Å². The minimum atomic E-state index is -4.35. The first-order valence-electron chi connectivity index (χ1n) is 8.35. The summed E-state index contributed by atoms with van der Waals surface area (Å²) >= 11 is 0. The van der Waals surface area contributed by atoms with Gasteiger partial charge in [0.15, 0.2) is 0 Å². The Labute approximate surface area is 157 Å². The van der Waals surface area contributed by atoms with Crippen molar-refractivity contribution in [3.05, 3.63) is 71.9 Å². The van der Waals surface area contributed by atoms with Crippen LogP contribution in [0.25, 0.3) is 16.9 Å². The van der Waals surface area contributed by atoms with Crippen molar-refractivity contribution in [2.24, 2.45) is 0 Å². The highest BCUT2D eigenvalue weighted by molar-refractivity contribution is 7.85. The molecule has 6 nitrogen and oxygen atoms in total. The molecule has 0 radical (unpaired) electrons. The van der Waals surface area contributed by atoms with Crippen molar-refractivity contribution in [3.8, 4) is 16.9 Å². The van der Waals surface area contributed by atoms with Crippen molar-refractivity contribution in [1.29, 1.82) is 0 Å². The van der Waals surface area contributed by atoms with E-state index in [2.05, 4.69) is 0 Å². The first-order valence-corrected chi connectivity index (χ1v) is 9.79. The second-order valence-electron chi connectivity index (χ2n) is 5.94. The Morgan fingerprint density at radius 1 is 1.07 bits per heavy atom. The minimum absolute atomic E-state index is 0.218. The van der Waals surface area contributed by atoms with Gasteiger partial charge in [-0.25, -0.2) is 4.79 Å². The first-order chi connectivity index (χ1) is 12.8. The monoisotopic (exact) mass is 385 g/mol. The van der Waals surface area contributed by atoms with Crippen molar-refractivity contribution in [2.75, 3.05) is 6.61 Å². The van der Waals surface area contributed by atoms with Crippen LogP contribution in [0.4, 0.5) is 0 Å². The van der Waals surface area contributed by atoms with Crippen LogP contribution in [0.3, 0.4) is 0 Å². The Balaban J connectivity index is 2.29. The zero-order valence-corrected chi connectivity index (χ0v) is 15.7. The summed E-state index contributed by atoms with van der Waals surface area (Å²) in [6.45, 7) is 3.80. The Morgan fingerprint density at radius 3 is 2.41 bits per heavy atom. The molecule has 3 aromatic rings. The van der Waals surface area contributed by atoms with Gasteiger partial charge < -0.3 is 9.30 Å². The van der Waals surface area contributed by atoms with Gasteiger partial charge in [0.1, 0.15) is 0 Å². The zero-order chi connectivity index (χ0) is 19.6. The molecule has 0 bridgehead atoms. The van der Waals surface area contributed by atoms with Crippen molar-refractivity contribution < 1.29 is 22.5 Å². The van der Waals surface area contributed by atoms with Gasteiger partial charge >= 0.3 is 5.97 Å². The maximum Gasteiger partial charge on any atom is 0.340 e. The van der Waals surface area contributed by atoms with Crippen LogP contribution in [0.15, 0.2) is 65.6 Å². The van der Waals surface area contributed by atoms with Gasteiger partial charge in [0, 0.05) is 11.4 Å². The van der Waals surface area contributed by atoms with E-state index in [4.69, 9.17) is 4.74 Å². The third kappa shape index (κ3) is 3.79. The van der Waals surface area contributed by atoms with Gasteiger partial charge in [-0.15, -0.1) is 0 Å². The fraction of sp³-hybridized carbons (Fsp3) is 0.150. The fourth-order valence-electron chi connectivity index (χ4n) is 3.00. The number of carbonyl (C=O) groups is 1. The quantitative estimate of drug-likeness (QED) is 0.532. The third-order valence-electron chi connectivity index (χ3n) is 4.10. The molecule has 0 saturated heterocycles. The molecule has 0 fully saturated rings. The van der Waals surface area contributed by atoms with Gasteiger partial charge in [-0.1, -0.05) is 36.4 Å². The summed E-state index contributed by atoms with van der Waals surface area (Å²) in [6, 6.07) is 16.9. The molecule has 0 unspecified atom stereocenters. The highest BCUT2D eigenvalue weighted by Crippen LogP contribution is 2.32. The topological polar surface area (TPSA) is 85.6 Å². The van der Waals surface area contributed by atoms with Crippen LogP contribution >= 0.6 is 0 Å². The largest absolute Gasteiger partial charge is 0.462 e. The Kier molecular flexibility index (Phi) is 5.16. The van der Waals surface area contributed by atoms with E-state index in [9.17, 15) is 17.8 Å². The van der Waals surface area contributed by atoms with E-state index < -0.39 is 16.1 Å². The lowest BCUT2D eigenvalue weighted by molar-refractivity contribution is 0.0527. The molecule has 0 saturated carbocycles. The van der Waals surface area contributed by atoms with Crippen molar-refractivity contribution in [2.45, 2.75) is 18.7 Å². The number of hydrogen-bond donors (Lipinski definition) is 1. The molecule has 1 heterocycles. The van der Waals surface area contributed by atoms with Crippen LogP contribution in [0.1, 0.15) is 23.0 Å². The second-order valence-corrected chi connectivity index (χ2v) is 7.36. The highest BCUT2D eigenvalue weighted by atomic mass is 32.2. The van der Waals surface area contributed by atoms with Gasteiger partial charge in [-0.05, 0) is 43.7 Å². The number of hydrogen-bond acceptors (Lipinski definition) is 4. The molecule has 27 heavy (non-hydrogen) atoms. The highest BCUT2D eigenvalue weighted by Gasteiger charge is 2.22. The molecule has 0 aliphatic heterocycles. The molecule has 2 aromatic carbocycles. The number of ether oxygens (including phenoxy) is 1. The summed E-state index contributed by atoms with van der Waals surface area (Å²) < 4.78 is 39.4. The Morgan fingerprint density at radius 2 is 1.78 bits per heavy atom. The number of aromatic nitrogens is 1. The summed E-state index contributed by atoms with van der Waals surface area (Å²) in [5, 5.41) is 0. The van der Waals surface area contributed by atoms with Crippen LogP contribution in [0, 0.1) is 6.92 Å². The second kappa shape index (κ2) is 7.38. The Hall–Kier alpha value is -2.90. The molecule has 3 rings (SSSR count). The molecule has 1 N–H and O–H groups in total. The van der Waals surface area contributed by atoms with Crippen LogP contribution in [0.5, 0.6) is 0 Å². The molecular formula is C20H19NO5S. The minimum Gasteiger partial charge on any atom is -0.462 e. The number of aryl methyl sites for hydroxylation is 1. The summed E-state index contributed by atoms with van der Waals surface area (Å²) in [6.07, 6.45) is 0. The average Bonchev–Trinajstić information content (AvgIpc) is 2.99. The molecule has 0 spiro atoms. The maximum atomic E-state index is 12.5. The van der Waals surface area contributed by atoms with E-state index in [1.165, 1.54) is 18.2 Å². The standard InChI is InChI=1S/C20H19NO5S/c1-3-26-20(22)18-12-14(2)21(19(18)15-8-5-4-6-9-15)16-10-7-11-17(13-16)27(23,24)25/h4-13H,3H2,1-2H3,(H,23,24,25). The van der Waals surface area contributed by atoms with E-state index in [0.29, 0.717) is 16.9 Å². The molecule has 0 aliphatic carbocycles. The number of esters is 1. The predicted molar refractivity (Wildman–Crippen MR) is 102 cm³/mol. The van der Waals surface area contributed by atoms with Crippen LogP contribution in [-0.4, -0.2) is 30.1 Å². The molecule has 0 atom stereocenters. The molecule has 7 heteroatoms. The predicted octanol–water partition coefficient (Wildman–Crippen LogP) is 3.88. The van der Waals surface area contributed by atoms with Crippen molar-refractivity contribution in [1.82, 2.24) is 4.57 Å². The zero-order valence-electron chi connectivity index (χ0n) is 14.9. The van der Waals surface area contributed by atoms with E-state index in [0.717, 1.165) is 11.3 Å². The molecule has 140 valence electrons. The van der Waals surface area contributed by atoms with Crippen LogP contribution in [-0.2, 0) is 14.9 Å². The lowest BCUT2D eigenvalue weighted by atomic mass is 10.1. The molecule has 0 amide bonds. The normalized spacial score (nSPS) is 11.4. The number of rotatable bonds is 5. The molecule has 0 aliphatic rings. The van der Waals surface area contributed by atoms with Gasteiger partial charge in [-0.2, -0.15) is 8.42 Å².